The summed E-state index contributed by atoms with van der Waals surface area (Å²) in [6, 6.07) is 14.9. The van der Waals surface area contributed by atoms with Crippen molar-refractivity contribution in [1.29, 1.82) is 0 Å². The first-order chi connectivity index (χ1) is 7.57. The van der Waals surface area contributed by atoms with E-state index >= 15 is 0 Å². The number of rotatable bonds is 1. The Morgan fingerprint density at radius 3 is 2.19 bits per heavy atom. The van der Waals surface area contributed by atoms with Crippen molar-refractivity contribution in [2.24, 2.45) is 0 Å². The summed E-state index contributed by atoms with van der Waals surface area (Å²) in [5, 5.41) is 0. The van der Waals surface area contributed by atoms with Gasteiger partial charge < -0.3 is 0 Å². The molecule has 2 rings (SSSR count). The molecule has 0 nitrogen and oxygen atoms in total. The van der Waals surface area contributed by atoms with Gasteiger partial charge in [0, 0.05) is 0 Å². The molecule has 16 heavy (non-hydrogen) atoms. The van der Waals surface area contributed by atoms with Crippen molar-refractivity contribution in [3.05, 3.63) is 60.2 Å². The van der Waals surface area contributed by atoms with Gasteiger partial charge in [-0.1, -0.05) is 36.4 Å². The van der Waals surface area contributed by atoms with E-state index < -0.39 is 11.7 Å². The fraction of sp³-hybridized carbons (Fsp3) is 0.0769. The van der Waals surface area contributed by atoms with Gasteiger partial charge in [-0.2, -0.15) is 13.2 Å². The van der Waals surface area contributed by atoms with Crippen LogP contribution in [0.25, 0.3) is 11.1 Å². The van der Waals surface area contributed by atoms with Crippen molar-refractivity contribution in [1.82, 2.24) is 0 Å². The zero-order valence-corrected chi connectivity index (χ0v) is 8.25. The van der Waals surface area contributed by atoms with E-state index in [1.54, 1.807) is 30.3 Å². The maximum Gasteiger partial charge on any atom is 0.416 e. The second-order valence-corrected chi connectivity index (χ2v) is 3.37. The first kappa shape index (κ1) is 10.7. The third-order valence-corrected chi connectivity index (χ3v) is 2.24. The van der Waals surface area contributed by atoms with Crippen LogP contribution in [0.2, 0.25) is 0 Å². The fourth-order valence-electron chi connectivity index (χ4n) is 1.45. The lowest BCUT2D eigenvalue weighted by Gasteiger charge is -2.08. The molecule has 3 heteroatoms. The quantitative estimate of drug-likeness (QED) is 0.677. The van der Waals surface area contributed by atoms with Crippen molar-refractivity contribution in [2.45, 2.75) is 6.18 Å². The molecule has 0 atom stereocenters. The standard InChI is InChI=1S/C13H8F3/c14-13(15,16)12-8-4-7-11(9-12)10-5-2-1-3-6-10/h2-9H. The number of hydrogen-bond donors (Lipinski definition) is 0. The van der Waals surface area contributed by atoms with E-state index in [1.165, 1.54) is 6.07 Å². The summed E-state index contributed by atoms with van der Waals surface area (Å²) in [5.41, 5.74) is 0.687. The molecule has 0 aliphatic carbocycles. The Morgan fingerprint density at radius 2 is 1.56 bits per heavy atom. The van der Waals surface area contributed by atoms with Crippen molar-refractivity contribution < 1.29 is 13.2 Å². The first-order valence-electron chi connectivity index (χ1n) is 4.71. The summed E-state index contributed by atoms with van der Waals surface area (Å²) in [7, 11) is 0. The van der Waals surface area contributed by atoms with E-state index in [1.807, 2.05) is 0 Å². The van der Waals surface area contributed by atoms with Crippen LogP contribution in [0.1, 0.15) is 5.56 Å². The summed E-state index contributed by atoms with van der Waals surface area (Å²) < 4.78 is 37.4. The second-order valence-electron chi connectivity index (χ2n) is 3.37. The van der Waals surface area contributed by atoms with Gasteiger partial charge in [0.15, 0.2) is 0 Å². The molecule has 0 N–H and O–H groups in total. The molecular formula is C13H8F3. The largest absolute Gasteiger partial charge is 0.416 e. The van der Waals surface area contributed by atoms with E-state index in [9.17, 15) is 13.2 Å². The normalized spacial score (nSPS) is 11.4. The molecule has 0 spiro atoms. The van der Waals surface area contributed by atoms with Gasteiger partial charge >= 0.3 is 6.18 Å². The highest BCUT2D eigenvalue weighted by atomic mass is 19.4. The molecule has 2 aromatic rings. The van der Waals surface area contributed by atoms with Gasteiger partial charge in [0.25, 0.3) is 0 Å². The van der Waals surface area contributed by atoms with Crippen LogP contribution in [0.5, 0.6) is 0 Å². The van der Waals surface area contributed by atoms with Gasteiger partial charge in [0.2, 0.25) is 0 Å². The highest BCUT2D eigenvalue weighted by Crippen LogP contribution is 2.31. The molecular weight excluding hydrogens is 213 g/mol. The van der Waals surface area contributed by atoms with Gasteiger partial charge in [-0.15, -0.1) is 0 Å². The van der Waals surface area contributed by atoms with Crippen molar-refractivity contribution >= 4 is 0 Å². The molecule has 0 heterocycles. The zero-order valence-electron chi connectivity index (χ0n) is 8.25. The van der Waals surface area contributed by atoms with E-state index in [2.05, 4.69) is 6.07 Å². The van der Waals surface area contributed by atoms with Crippen LogP contribution in [-0.4, -0.2) is 0 Å². The Morgan fingerprint density at radius 1 is 0.875 bits per heavy atom. The highest BCUT2D eigenvalue weighted by Gasteiger charge is 2.30. The third kappa shape index (κ3) is 2.24. The lowest BCUT2D eigenvalue weighted by atomic mass is 10.0. The van der Waals surface area contributed by atoms with Gasteiger partial charge in [0.05, 0.1) is 5.56 Å². The minimum atomic E-state index is -4.29. The molecule has 0 aliphatic heterocycles. The molecule has 0 amide bonds. The van der Waals surface area contributed by atoms with E-state index in [-0.39, 0.29) is 0 Å². The van der Waals surface area contributed by atoms with E-state index in [0.29, 0.717) is 5.56 Å². The topological polar surface area (TPSA) is 0 Å². The van der Waals surface area contributed by atoms with Crippen LogP contribution >= 0.6 is 0 Å². The Balaban J connectivity index is 2.45. The summed E-state index contributed by atoms with van der Waals surface area (Å²) in [5.74, 6) is 0. The predicted octanol–water partition coefficient (Wildman–Crippen LogP) is 4.17. The lowest BCUT2D eigenvalue weighted by molar-refractivity contribution is -0.137. The van der Waals surface area contributed by atoms with Gasteiger partial charge in [-0.05, 0) is 29.3 Å². The van der Waals surface area contributed by atoms with Gasteiger partial charge in [0.1, 0.15) is 0 Å². The summed E-state index contributed by atoms with van der Waals surface area (Å²) in [6.45, 7) is 0. The maximum atomic E-state index is 12.5. The average molecular weight is 221 g/mol. The van der Waals surface area contributed by atoms with Crippen LogP contribution < -0.4 is 0 Å². The molecule has 81 valence electrons. The predicted molar refractivity (Wildman–Crippen MR) is 55.7 cm³/mol. The van der Waals surface area contributed by atoms with Gasteiger partial charge in [-0.3, -0.25) is 0 Å². The van der Waals surface area contributed by atoms with Crippen LogP contribution in [-0.2, 0) is 6.18 Å². The van der Waals surface area contributed by atoms with E-state index in [4.69, 9.17) is 0 Å². The molecule has 0 bridgehead atoms. The summed E-state index contributed by atoms with van der Waals surface area (Å²) in [4.78, 5) is 0. The second kappa shape index (κ2) is 4.00. The lowest BCUT2D eigenvalue weighted by Crippen LogP contribution is -2.04. The van der Waals surface area contributed by atoms with Gasteiger partial charge in [-0.25, -0.2) is 0 Å². The van der Waals surface area contributed by atoms with Crippen molar-refractivity contribution in [2.75, 3.05) is 0 Å². The number of halogens is 3. The smallest absolute Gasteiger partial charge is 0.166 e. The third-order valence-electron chi connectivity index (χ3n) is 2.24. The molecule has 0 fully saturated rings. The Labute approximate surface area is 91.4 Å². The molecule has 0 saturated heterocycles. The molecule has 1 radical (unpaired) electrons. The fourth-order valence-corrected chi connectivity index (χ4v) is 1.45. The Kier molecular flexibility index (Phi) is 2.69. The monoisotopic (exact) mass is 221 g/mol. The Hall–Kier alpha value is -1.77. The molecule has 0 unspecified atom stereocenters. The zero-order chi connectivity index (χ0) is 11.6. The number of alkyl halides is 3. The average Bonchev–Trinajstić information content (AvgIpc) is 2.29. The summed E-state index contributed by atoms with van der Waals surface area (Å²) in [6.07, 6.45) is -4.29. The summed E-state index contributed by atoms with van der Waals surface area (Å²) >= 11 is 0. The Bertz CT molecular complexity index is 472. The van der Waals surface area contributed by atoms with Crippen LogP contribution in [0, 0.1) is 6.07 Å². The SMILES string of the molecule is FC(F)(F)c1cccc(-c2cc[c]cc2)c1. The van der Waals surface area contributed by atoms with Crippen LogP contribution in [0.4, 0.5) is 13.2 Å². The molecule has 2 aromatic carbocycles. The highest BCUT2D eigenvalue weighted by molar-refractivity contribution is 5.64. The minimum Gasteiger partial charge on any atom is -0.166 e. The van der Waals surface area contributed by atoms with Crippen LogP contribution in [0.3, 0.4) is 0 Å². The van der Waals surface area contributed by atoms with E-state index in [0.717, 1.165) is 17.7 Å². The minimum absolute atomic E-state index is 0.559. The molecule has 0 aromatic heterocycles. The first-order valence-corrected chi connectivity index (χ1v) is 4.71. The molecule has 0 aliphatic rings. The van der Waals surface area contributed by atoms with Crippen molar-refractivity contribution in [3.8, 4) is 11.1 Å². The number of hydrogen-bond acceptors (Lipinski definition) is 0. The molecule has 0 saturated carbocycles. The van der Waals surface area contributed by atoms with Crippen LogP contribution in [0.15, 0.2) is 48.5 Å². The number of benzene rings is 2. The van der Waals surface area contributed by atoms with Crippen molar-refractivity contribution in [3.63, 3.8) is 0 Å². The maximum absolute atomic E-state index is 12.5.